The Morgan fingerprint density at radius 3 is 2.60 bits per heavy atom. The van der Waals surface area contributed by atoms with E-state index >= 15 is 0 Å². The number of pyridine rings is 1. The number of amides is 3. The maximum Gasteiger partial charge on any atom is 0.317 e. The van der Waals surface area contributed by atoms with Crippen LogP contribution in [0.15, 0.2) is 91.5 Å². The molecule has 4 atom stereocenters. The number of hydrogen-bond donors (Lipinski definition) is 1. The van der Waals surface area contributed by atoms with Crippen molar-refractivity contribution in [3.8, 4) is 22.8 Å². The quantitative estimate of drug-likeness (QED) is 0.196. The van der Waals surface area contributed by atoms with Crippen LogP contribution in [0.25, 0.3) is 22.2 Å². The molecule has 4 heterocycles. The Kier molecular flexibility index (Phi) is 9.18. The van der Waals surface area contributed by atoms with Crippen molar-refractivity contribution in [3.05, 3.63) is 103 Å². The van der Waals surface area contributed by atoms with Gasteiger partial charge in [-0.3, -0.25) is 4.79 Å². The van der Waals surface area contributed by atoms with Crippen molar-refractivity contribution < 1.29 is 19.1 Å². The van der Waals surface area contributed by atoms with E-state index in [-0.39, 0.29) is 28.5 Å². The molecule has 0 spiro atoms. The standard InChI is InChI=1S/C38H40N4O4S/c1-3-26(24-39-37(43)41-17-19-45-20-18-41)28-15-16-42-35(22-28)36(47-38(42)44)32-23-34(40-33-14-9-25(2)21-31(32)33)27-10-12-30(13-11-27)46-29-7-5-4-6-8-29/h3-14,21,23,26,28,35-36H,1,15-20,22,24H2,2H3,(H,39,43)/t26-,28-,35-,36-/m0/s1. The van der Waals surface area contributed by atoms with Crippen LogP contribution in [0.5, 0.6) is 11.5 Å². The second-order valence-electron chi connectivity index (χ2n) is 12.6. The summed E-state index contributed by atoms with van der Waals surface area (Å²) in [5.41, 5.74) is 5.08. The molecule has 4 aromatic rings. The molecule has 0 radical (unpaired) electrons. The zero-order chi connectivity index (χ0) is 32.3. The van der Waals surface area contributed by atoms with Gasteiger partial charge in [0.2, 0.25) is 0 Å². The van der Waals surface area contributed by atoms with Gasteiger partial charge in [-0.05, 0) is 91.8 Å². The van der Waals surface area contributed by atoms with Crippen LogP contribution in [0.2, 0.25) is 0 Å². The molecule has 3 fully saturated rings. The van der Waals surface area contributed by atoms with Crippen molar-refractivity contribution in [1.29, 1.82) is 0 Å². The summed E-state index contributed by atoms with van der Waals surface area (Å²) in [6.07, 6.45) is 3.72. The number of urea groups is 1. The van der Waals surface area contributed by atoms with Crippen molar-refractivity contribution in [2.24, 2.45) is 11.8 Å². The monoisotopic (exact) mass is 648 g/mol. The van der Waals surface area contributed by atoms with E-state index < -0.39 is 0 Å². The summed E-state index contributed by atoms with van der Waals surface area (Å²) < 4.78 is 11.4. The van der Waals surface area contributed by atoms with Crippen LogP contribution in [0, 0.1) is 18.8 Å². The molecule has 9 heteroatoms. The third-order valence-corrected chi connectivity index (χ3v) is 10.9. The normalized spacial score (nSPS) is 21.7. The van der Waals surface area contributed by atoms with E-state index in [1.165, 1.54) is 11.8 Å². The van der Waals surface area contributed by atoms with Gasteiger partial charge in [0.1, 0.15) is 11.5 Å². The number of para-hydroxylation sites is 1. The van der Waals surface area contributed by atoms with Gasteiger partial charge in [-0.15, -0.1) is 6.58 Å². The number of carbonyl (C=O) groups is 2. The number of nitrogens with zero attached hydrogens (tertiary/aromatic N) is 3. The molecule has 3 aromatic carbocycles. The topological polar surface area (TPSA) is 84.0 Å². The molecule has 0 unspecified atom stereocenters. The fourth-order valence-corrected chi connectivity index (χ4v) is 8.36. The lowest BCUT2D eigenvalue weighted by Gasteiger charge is -2.39. The summed E-state index contributed by atoms with van der Waals surface area (Å²) >= 11 is 1.44. The van der Waals surface area contributed by atoms with Crippen LogP contribution in [-0.2, 0) is 4.74 Å². The number of carbonyl (C=O) groups excluding carboxylic acids is 2. The van der Waals surface area contributed by atoms with Crippen molar-refractivity contribution in [2.75, 3.05) is 39.4 Å². The zero-order valence-electron chi connectivity index (χ0n) is 26.6. The number of morpholine rings is 1. The summed E-state index contributed by atoms with van der Waals surface area (Å²) in [4.78, 5) is 35.2. The summed E-state index contributed by atoms with van der Waals surface area (Å²) in [5.74, 6) is 1.97. The fourth-order valence-electron chi connectivity index (χ4n) is 7.05. The second-order valence-corrected chi connectivity index (χ2v) is 13.7. The van der Waals surface area contributed by atoms with Crippen molar-refractivity contribution >= 4 is 33.9 Å². The van der Waals surface area contributed by atoms with E-state index in [1.807, 2.05) is 65.6 Å². The third-order valence-electron chi connectivity index (χ3n) is 9.62. The number of nitrogens with one attached hydrogen (secondary N) is 1. The van der Waals surface area contributed by atoms with E-state index in [1.54, 1.807) is 0 Å². The molecular formula is C38H40N4O4S. The van der Waals surface area contributed by atoms with Gasteiger partial charge in [0.15, 0.2) is 0 Å². The minimum Gasteiger partial charge on any atom is -0.457 e. The van der Waals surface area contributed by atoms with E-state index in [9.17, 15) is 9.59 Å². The van der Waals surface area contributed by atoms with E-state index in [0.29, 0.717) is 45.3 Å². The lowest BCUT2D eigenvalue weighted by atomic mass is 9.79. The summed E-state index contributed by atoms with van der Waals surface area (Å²) in [7, 11) is 0. The number of ether oxygens (including phenoxy) is 2. The maximum absolute atomic E-state index is 13.4. The predicted molar refractivity (Wildman–Crippen MR) is 187 cm³/mol. The molecule has 47 heavy (non-hydrogen) atoms. The molecule has 1 N–H and O–H groups in total. The van der Waals surface area contributed by atoms with Gasteiger partial charge in [-0.1, -0.05) is 47.7 Å². The Bertz CT molecular complexity index is 1760. The minimum atomic E-state index is -0.0483. The van der Waals surface area contributed by atoms with Crippen LogP contribution >= 0.6 is 11.8 Å². The zero-order valence-corrected chi connectivity index (χ0v) is 27.5. The van der Waals surface area contributed by atoms with Gasteiger partial charge in [0.25, 0.3) is 5.24 Å². The van der Waals surface area contributed by atoms with Crippen LogP contribution in [-0.4, -0.2) is 71.5 Å². The number of hydrogen-bond acceptors (Lipinski definition) is 6. The average Bonchev–Trinajstić information content (AvgIpc) is 3.44. The van der Waals surface area contributed by atoms with Crippen molar-refractivity contribution in [2.45, 2.75) is 31.1 Å². The third kappa shape index (κ3) is 6.73. The average molecular weight is 649 g/mol. The molecule has 1 aromatic heterocycles. The highest BCUT2D eigenvalue weighted by molar-refractivity contribution is 8.14. The number of aryl methyl sites for hydroxylation is 1. The van der Waals surface area contributed by atoms with Crippen molar-refractivity contribution in [3.63, 3.8) is 0 Å². The minimum absolute atomic E-state index is 0.0366. The first-order valence-electron chi connectivity index (χ1n) is 16.4. The highest BCUT2D eigenvalue weighted by Gasteiger charge is 2.46. The fraction of sp³-hybridized carbons (Fsp3) is 0.342. The highest BCUT2D eigenvalue weighted by Crippen LogP contribution is 2.51. The first kappa shape index (κ1) is 31.3. The molecule has 242 valence electrons. The highest BCUT2D eigenvalue weighted by atomic mass is 32.2. The molecule has 7 rings (SSSR count). The Morgan fingerprint density at radius 2 is 1.83 bits per heavy atom. The van der Waals surface area contributed by atoms with E-state index in [4.69, 9.17) is 14.5 Å². The van der Waals surface area contributed by atoms with Gasteiger partial charge >= 0.3 is 6.03 Å². The Labute approximate surface area is 280 Å². The van der Waals surface area contributed by atoms with Gasteiger partial charge < -0.3 is 24.6 Å². The Morgan fingerprint density at radius 1 is 1.06 bits per heavy atom. The molecule has 3 aliphatic heterocycles. The van der Waals surface area contributed by atoms with Gasteiger partial charge in [-0.2, -0.15) is 0 Å². The van der Waals surface area contributed by atoms with Gasteiger partial charge in [-0.25, -0.2) is 9.78 Å². The van der Waals surface area contributed by atoms with E-state index in [0.717, 1.165) is 57.6 Å². The molecule has 0 saturated carbocycles. The molecule has 0 bridgehead atoms. The number of thioether (sulfide) groups is 1. The SMILES string of the molecule is C=C[C@@H](CNC(=O)N1CCOCC1)[C@H]1CCN2C(=O)S[C@@H](c3cc(-c4ccc(Oc5ccccc5)cc4)nc4ccc(C)cc34)[C@@H]2C1. The molecular weight excluding hydrogens is 609 g/mol. The predicted octanol–water partition coefficient (Wildman–Crippen LogP) is 7.84. The number of aromatic nitrogens is 1. The Hall–Kier alpha value is -4.34. The second kappa shape index (κ2) is 13.8. The van der Waals surface area contributed by atoms with Gasteiger partial charge in [0, 0.05) is 43.2 Å². The lowest BCUT2D eigenvalue weighted by Crippen LogP contribution is -2.48. The molecule has 0 aliphatic carbocycles. The summed E-state index contributed by atoms with van der Waals surface area (Å²) in [6.45, 7) is 9.85. The molecule has 3 saturated heterocycles. The number of piperidine rings is 1. The van der Waals surface area contributed by atoms with Crippen LogP contribution in [0.4, 0.5) is 9.59 Å². The van der Waals surface area contributed by atoms with Crippen LogP contribution in [0.1, 0.15) is 29.2 Å². The lowest BCUT2D eigenvalue weighted by molar-refractivity contribution is 0.0527. The van der Waals surface area contributed by atoms with Crippen molar-refractivity contribution in [1.82, 2.24) is 20.1 Å². The first-order valence-corrected chi connectivity index (χ1v) is 17.3. The van der Waals surface area contributed by atoms with E-state index in [2.05, 4.69) is 48.0 Å². The Balaban J connectivity index is 1.14. The smallest absolute Gasteiger partial charge is 0.317 e. The summed E-state index contributed by atoms with van der Waals surface area (Å²) in [5, 5.41) is 4.33. The van der Waals surface area contributed by atoms with Crippen LogP contribution in [0.3, 0.4) is 0 Å². The molecule has 8 nitrogen and oxygen atoms in total. The largest absolute Gasteiger partial charge is 0.457 e. The number of rotatable bonds is 8. The summed E-state index contributed by atoms with van der Waals surface area (Å²) in [6, 6.07) is 26.3. The maximum atomic E-state index is 13.4. The molecule has 3 amide bonds. The number of fused-ring (bicyclic) bond motifs is 2. The van der Waals surface area contributed by atoms with Gasteiger partial charge in [0.05, 0.1) is 29.7 Å². The first-order chi connectivity index (χ1) is 23.0. The number of benzene rings is 3. The molecule has 3 aliphatic rings. The van der Waals surface area contributed by atoms with Crippen LogP contribution < -0.4 is 10.1 Å².